The fourth-order valence-corrected chi connectivity index (χ4v) is 2.79. The molecule has 10 heteroatoms. The number of nitro groups is 1. The molecule has 1 aromatic carbocycles. The minimum atomic E-state index is -4.42. The van der Waals surface area contributed by atoms with Crippen LogP contribution in [0.4, 0.5) is 10.1 Å². The van der Waals surface area contributed by atoms with Gasteiger partial charge < -0.3 is 9.47 Å². The van der Waals surface area contributed by atoms with E-state index in [0.717, 1.165) is 6.42 Å². The Bertz CT molecular complexity index is 659. The quantitative estimate of drug-likeness (QED) is 0.463. The number of ether oxygens (including phenoxy) is 2. The summed E-state index contributed by atoms with van der Waals surface area (Å²) in [5, 5.41) is 10.9. The van der Waals surface area contributed by atoms with Crippen molar-refractivity contribution in [2.45, 2.75) is 11.3 Å². The number of hydrogen-bond acceptors (Lipinski definition) is 6. The molecular weight excluding hydrogens is 329 g/mol. The summed E-state index contributed by atoms with van der Waals surface area (Å²) in [6, 6.07) is 1.21. The number of rotatable bonds is 5. The monoisotopic (exact) mass is 339 g/mol. The molecule has 0 saturated carbocycles. The van der Waals surface area contributed by atoms with Gasteiger partial charge in [-0.3, -0.25) is 10.1 Å². The standard InChI is InChI=1S/C11H11ClFNO6S/c12-21(17,18)11-4-9(14(15)16)10(3-8(11)13)20-6-7-1-2-19-5-7/h3-4,7H,1-2,5-6H2. The molecule has 0 bridgehead atoms. The Morgan fingerprint density at radius 2 is 2.24 bits per heavy atom. The fourth-order valence-electron chi connectivity index (χ4n) is 1.89. The van der Waals surface area contributed by atoms with E-state index in [4.69, 9.17) is 20.2 Å². The molecule has 2 rings (SSSR count). The highest BCUT2D eigenvalue weighted by molar-refractivity contribution is 8.13. The van der Waals surface area contributed by atoms with E-state index in [-0.39, 0.29) is 18.3 Å². The predicted molar refractivity (Wildman–Crippen MR) is 70.5 cm³/mol. The maximum atomic E-state index is 13.7. The number of hydrogen-bond donors (Lipinski definition) is 0. The van der Waals surface area contributed by atoms with Crippen LogP contribution in [0.15, 0.2) is 17.0 Å². The second kappa shape index (κ2) is 6.12. The van der Waals surface area contributed by atoms with Crippen LogP contribution in [-0.2, 0) is 13.8 Å². The first kappa shape index (κ1) is 15.9. The van der Waals surface area contributed by atoms with Crippen molar-refractivity contribution >= 4 is 25.4 Å². The molecule has 1 saturated heterocycles. The number of benzene rings is 1. The van der Waals surface area contributed by atoms with Crippen LogP contribution in [0.2, 0.25) is 0 Å². The van der Waals surface area contributed by atoms with Gasteiger partial charge in [0.15, 0.2) is 5.75 Å². The number of nitro benzene ring substituents is 1. The van der Waals surface area contributed by atoms with Gasteiger partial charge in [-0.2, -0.15) is 0 Å². The van der Waals surface area contributed by atoms with E-state index in [1.807, 2.05) is 0 Å². The molecule has 1 aliphatic rings. The summed E-state index contributed by atoms with van der Waals surface area (Å²) < 4.78 is 46.4. The average Bonchev–Trinajstić information content (AvgIpc) is 2.87. The summed E-state index contributed by atoms with van der Waals surface area (Å²) in [5.74, 6) is -1.48. The first-order chi connectivity index (χ1) is 9.79. The first-order valence-corrected chi connectivity index (χ1v) is 8.23. The zero-order valence-electron chi connectivity index (χ0n) is 10.6. The Morgan fingerprint density at radius 3 is 2.76 bits per heavy atom. The van der Waals surface area contributed by atoms with Crippen molar-refractivity contribution in [3.63, 3.8) is 0 Å². The van der Waals surface area contributed by atoms with Gasteiger partial charge in [-0.1, -0.05) is 0 Å². The van der Waals surface area contributed by atoms with Crippen molar-refractivity contribution < 1.29 is 27.2 Å². The van der Waals surface area contributed by atoms with Crippen molar-refractivity contribution in [2.24, 2.45) is 5.92 Å². The van der Waals surface area contributed by atoms with Crippen LogP contribution in [0.25, 0.3) is 0 Å². The summed E-state index contributed by atoms with van der Waals surface area (Å²) in [4.78, 5) is 9.14. The van der Waals surface area contributed by atoms with Crippen LogP contribution >= 0.6 is 10.7 Å². The second-order valence-corrected chi connectivity index (χ2v) is 7.02. The molecular formula is C11H11ClFNO6S. The highest BCUT2D eigenvalue weighted by Gasteiger charge is 2.26. The van der Waals surface area contributed by atoms with E-state index in [1.165, 1.54) is 0 Å². The summed E-state index contributed by atoms with van der Waals surface area (Å²) in [5.41, 5.74) is -0.658. The normalized spacial score (nSPS) is 18.7. The number of halogens is 2. The Hall–Kier alpha value is -1.45. The highest BCUT2D eigenvalue weighted by atomic mass is 35.7. The molecule has 1 aliphatic heterocycles. The van der Waals surface area contributed by atoms with E-state index in [0.29, 0.717) is 25.3 Å². The van der Waals surface area contributed by atoms with Crippen LogP contribution in [0.3, 0.4) is 0 Å². The summed E-state index contributed by atoms with van der Waals surface area (Å²) in [6.07, 6.45) is 0.740. The molecule has 1 heterocycles. The summed E-state index contributed by atoms with van der Waals surface area (Å²) in [6.45, 7) is 1.16. The maximum Gasteiger partial charge on any atom is 0.312 e. The smallest absolute Gasteiger partial charge is 0.312 e. The van der Waals surface area contributed by atoms with Gasteiger partial charge in [-0.15, -0.1) is 0 Å². The van der Waals surface area contributed by atoms with Crippen molar-refractivity contribution in [1.29, 1.82) is 0 Å². The Labute approximate surface area is 124 Å². The van der Waals surface area contributed by atoms with Crippen molar-refractivity contribution in [2.75, 3.05) is 19.8 Å². The van der Waals surface area contributed by atoms with Gasteiger partial charge in [0.1, 0.15) is 10.7 Å². The Balaban J connectivity index is 2.31. The lowest BCUT2D eigenvalue weighted by atomic mass is 10.1. The molecule has 21 heavy (non-hydrogen) atoms. The van der Waals surface area contributed by atoms with Crippen LogP contribution in [-0.4, -0.2) is 33.2 Å². The lowest BCUT2D eigenvalue weighted by Crippen LogP contribution is -2.13. The first-order valence-electron chi connectivity index (χ1n) is 5.92. The van der Waals surface area contributed by atoms with E-state index in [1.54, 1.807) is 0 Å². The zero-order chi connectivity index (χ0) is 15.6. The van der Waals surface area contributed by atoms with Gasteiger partial charge in [-0.25, -0.2) is 12.8 Å². The number of nitrogens with zero attached hydrogens (tertiary/aromatic N) is 1. The van der Waals surface area contributed by atoms with Crippen molar-refractivity contribution in [1.82, 2.24) is 0 Å². The third kappa shape index (κ3) is 3.80. The fraction of sp³-hybridized carbons (Fsp3) is 0.455. The van der Waals surface area contributed by atoms with E-state index in [9.17, 15) is 22.9 Å². The van der Waals surface area contributed by atoms with E-state index < -0.39 is 30.4 Å². The molecule has 0 spiro atoms. The zero-order valence-corrected chi connectivity index (χ0v) is 12.2. The maximum absolute atomic E-state index is 13.7. The van der Waals surface area contributed by atoms with Crippen LogP contribution in [0, 0.1) is 21.8 Å². The minimum absolute atomic E-state index is 0.0594. The van der Waals surface area contributed by atoms with Crippen LogP contribution in [0.5, 0.6) is 5.75 Å². The lowest BCUT2D eigenvalue weighted by molar-refractivity contribution is -0.386. The van der Waals surface area contributed by atoms with Crippen LogP contribution < -0.4 is 4.74 Å². The molecule has 7 nitrogen and oxygen atoms in total. The molecule has 0 amide bonds. The Kier molecular flexibility index (Phi) is 4.64. The highest BCUT2D eigenvalue weighted by Crippen LogP contribution is 2.33. The van der Waals surface area contributed by atoms with E-state index >= 15 is 0 Å². The van der Waals surface area contributed by atoms with Crippen molar-refractivity contribution in [3.05, 3.63) is 28.1 Å². The van der Waals surface area contributed by atoms with Gasteiger partial charge in [0.05, 0.1) is 18.1 Å². The molecule has 0 N–H and O–H groups in total. The van der Waals surface area contributed by atoms with E-state index in [2.05, 4.69) is 0 Å². The SMILES string of the molecule is O=[N+]([O-])c1cc(S(=O)(=O)Cl)c(F)cc1OCC1CCOC1. The lowest BCUT2D eigenvalue weighted by Gasteiger charge is -2.11. The molecule has 1 fully saturated rings. The molecule has 1 unspecified atom stereocenters. The molecule has 0 aliphatic carbocycles. The summed E-state index contributed by atoms with van der Waals surface area (Å²) in [7, 11) is 0.606. The largest absolute Gasteiger partial charge is 0.486 e. The molecule has 0 aromatic heterocycles. The van der Waals surface area contributed by atoms with Gasteiger partial charge in [0.2, 0.25) is 0 Å². The molecule has 1 aromatic rings. The van der Waals surface area contributed by atoms with Crippen LogP contribution in [0.1, 0.15) is 6.42 Å². The predicted octanol–water partition coefficient (Wildman–Crippen LogP) is 2.08. The van der Waals surface area contributed by atoms with Crippen molar-refractivity contribution in [3.8, 4) is 5.75 Å². The molecule has 116 valence electrons. The summed E-state index contributed by atoms with van der Waals surface area (Å²) >= 11 is 0. The molecule has 0 radical (unpaired) electrons. The minimum Gasteiger partial charge on any atom is -0.486 e. The van der Waals surface area contributed by atoms with Gasteiger partial charge in [-0.05, 0) is 6.42 Å². The topological polar surface area (TPSA) is 95.7 Å². The van der Waals surface area contributed by atoms with Gasteiger partial charge in [0, 0.05) is 35.3 Å². The third-order valence-corrected chi connectivity index (χ3v) is 4.31. The molecule has 1 atom stereocenters. The third-order valence-electron chi connectivity index (χ3n) is 2.97. The van der Waals surface area contributed by atoms with Gasteiger partial charge in [0.25, 0.3) is 9.05 Å². The average molecular weight is 340 g/mol. The Morgan fingerprint density at radius 1 is 1.52 bits per heavy atom. The van der Waals surface area contributed by atoms with Gasteiger partial charge >= 0.3 is 5.69 Å². The second-order valence-electron chi connectivity index (χ2n) is 4.49.